The van der Waals surface area contributed by atoms with Crippen LogP contribution in [0.2, 0.25) is 0 Å². The van der Waals surface area contributed by atoms with Crippen molar-refractivity contribution in [2.75, 3.05) is 12.4 Å². The lowest BCUT2D eigenvalue weighted by molar-refractivity contribution is -0.123. The molecular formula is C15H16N2O5. The molecule has 1 aromatic carbocycles. The van der Waals surface area contributed by atoms with Crippen molar-refractivity contribution in [3.8, 4) is 5.75 Å². The Balaban J connectivity index is 2.00. The summed E-state index contributed by atoms with van der Waals surface area (Å²) in [6, 6.07) is 8.18. The number of methoxy groups -OCH3 is 1. The predicted molar refractivity (Wildman–Crippen MR) is 77.7 cm³/mol. The second kappa shape index (κ2) is 6.75. The third-order valence-corrected chi connectivity index (χ3v) is 2.86. The van der Waals surface area contributed by atoms with Crippen LogP contribution in [0.15, 0.2) is 34.9 Å². The maximum atomic E-state index is 12.1. The minimum atomic E-state index is -0.991. The lowest BCUT2D eigenvalue weighted by atomic mass is 10.2. The summed E-state index contributed by atoms with van der Waals surface area (Å²) in [5.74, 6) is 0.0666. The Morgan fingerprint density at radius 2 is 2.05 bits per heavy atom. The molecule has 2 rings (SSSR count). The number of benzene rings is 1. The first kappa shape index (κ1) is 15.6. The highest BCUT2D eigenvalue weighted by Crippen LogP contribution is 2.19. The van der Waals surface area contributed by atoms with Gasteiger partial charge in [0, 0.05) is 6.07 Å². The topological polar surface area (TPSA) is 90.7 Å². The molecule has 1 heterocycles. The average Bonchev–Trinajstić information content (AvgIpc) is 2.92. The first-order valence-electron chi connectivity index (χ1n) is 6.59. The van der Waals surface area contributed by atoms with Crippen molar-refractivity contribution < 1.29 is 23.6 Å². The van der Waals surface area contributed by atoms with Gasteiger partial charge >= 0.3 is 5.97 Å². The molecule has 1 atom stereocenters. The Kier molecular flexibility index (Phi) is 4.77. The number of esters is 1. The van der Waals surface area contributed by atoms with Gasteiger partial charge in [0.25, 0.3) is 5.91 Å². The number of aromatic nitrogens is 1. The first-order valence-corrected chi connectivity index (χ1v) is 6.59. The lowest BCUT2D eigenvalue weighted by Crippen LogP contribution is -2.30. The number of nitrogens with zero attached hydrogens (tertiary/aromatic N) is 1. The fourth-order valence-electron chi connectivity index (χ4n) is 1.74. The number of carbonyl (C=O) groups is 2. The first-order chi connectivity index (χ1) is 10.5. The molecule has 7 nitrogen and oxygen atoms in total. The van der Waals surface area contributed by atoms with Crippen molar-refractivity contribution in [3.05, 3.63) is 41.7 Å². The van der Waals surface area contributed by atoms with Crippen LogP contribution in [0.25, 0.3) is 0 Å². The van der Waals surface area contributed by atoms with Crippen LogP contribution in [-0.2, 0) is 9.53 Å². The van der Waals surface area contributed by atoms with Crippen molar-refractivity contribution in [1.82, 2.24) is 5.16 Å². The molecule has 0 fully saturated rings. The Morgan fingerprint density at radius 3 is 2.68 bits per heavy atom. The fraction of sp³-hybridized carbons (Fsp3) is 0.267. The highest BCUT2D eigenvalue weighted by Gasteiger charge is 2.21. The summed E-state index contributed by atoms with van der Waals surface area (Å²) in [5.41, 5.74) is 0.252. The van der Waals surface area contributed by atoms with Gasteiger partial charge in [0.15, 0.2) is 11.9 Å². The summed E-state index contributed by atoms with van der Waals surface area (Å²) in [4.78, 5) is 24.0. The molecular weight excluding hydrogens is 288 g/mol. The number of ether oxygens (including phenoxy) is 2. The highest BCUT2D eigenvalue weighted by molar-refractivity contribution is 5.97. The number of carbonyl (C=O) groups excluding carboxylic acids is 2. The van der Waals surface area contributed by atoms with E-state index in [1.807, 2.05) is 0 Å². The summed E-state index contributed by atoms with van der Waals surface area (Å²) in [5, 5.41) is 6.13. The minimum absolute atomic E-state index is 0.252. The molecule has 0 bridgehead atoms. The van der Waals surface area contributed by atoms with Gasteiger partial charge in [0.2, 0.25) is 0 Å². The van der Waals surface area contributed by atoms with Crippen LogP contribution in [0.4, 0.5) is 5.82 Å². The predicted octanol–water partition coefficient (Wildman–Crippen LogP) is 2.18. The number of nitrogens with one attached hydrogen (secondary N) is 1. The van der Waals surface area contributed by atoms with Crippen molar-refractivity contribution in [1.29, 1.82) is 0 Å². The van der Waals surface area contributed by atoms with E-state index in [4.69, 9.17) is 14.0 Å². The van der Waals surface area contributed by atoms with Crippen LogP contribution in [0.1, 0.15) is 23.0 Å². The number of aryl methyl sites for hydroxylation is 1. The number of hydrogen-bond acceptors (Lipinski definition) is 6. The average molecular weight is 304 g/mol. The number of rotatable bonds is 5. The number of anilines is 1. The Labute approximate surface area is 127 Å². The Hall–Kier alpha value is -2.83. The molecule has 22 heavy (non-hydrogen) atoms. The van der Waals surface area contributed by atoms with E-state index in [9.17, 15) is 9.59 Å². The van der Waals surface area contributed by atoms with Crippen molar-refractivity contribution in [3.63, 3.8) is 0 Å². The van der Waals surface area contributed by atoms with E-state index < -0.39 is 18.0 Å². The summed E-state index contributed by atoms with van der Waals surface area (Å²) in [6.07, 6.45) is -0.991. The fourth-order valence-corrected chi connectivity index (χ4v) is 1.74. The standard InChI is InChI=1S/C15H16N2O5/c1-9-8-13(17-22-9)16-14(18)10(2)21-15(19)11-6-4-5-7-12(11)20-3/h4-8,10H,1-3H3,(H,16,17,18). The molecule has 1 aromatic heterocycles. The highest BCUT2D eigenvalue weighted by atomic mass is 16.5. The number of amides is 1. The van der Waals surface area contributed by atoms with E-state index >= 15 is 0 Å². The minimum Gasteiger partial charge on any atom is -0.496 e. The molecule has 0 spiro atoms. The molecule has 0 aliphatic heterocycles. The van der Waals surface area contributed by atoms with Crippen LogP contribution in [0, 0.1) is 6.92 Å². The number of hydrogen-bond donors (Lipinski definition) is 1. The molecule has 0 saturated carbocycles. The zero-order valence-corrected chi connectivity index (χ0v) is 12.5. The van der Waals surface area contributed by atoms with Crippen LogP contribution in [0.5, 0.6) is 5.75 Å². The molecule has 7 heteroatoms. The van der Waals surface area contributed by atoms with E-state index in [1.54, 1.807) is 37.3 Å². The maximum absolute atomic E-state index is 12.1. The largest absolute Gasteiger partial charge is 0.496 e. The molecule has 2 aromatic rings. The van der Waals surface area contributed by atoms with E-state index in [-0.39, 0.29) is 11.4 Å². The zero-order chi connectivity index (χ0) is 16.1. The third kappa shape index (κ3) is 3.63. The van der Waals surface area contributed by atoms with Gasteiger partial charge in [0.05, 0.1) is 7.11 Å². The number of para-hydroxylation sites is 1. The van der Waals surface area contributed by atoms with Crippen molar-refractivity contribution >= 4 is 17.7 Å². The maximum Gasteiger partial charge on any atom is 0.342 e. The summed E-state index contributed by atoms with van der Waals surface area (Å²) < 4.78 is 15.1. The zero-order valence-electron chi connectivity index (χ0n) is 12.5. The molecule has 1 amide bonds. The molecule has 0 aliphatic rings. The van der Waals surface area contributed by atoms with Crippen molar-refractivity contribution in [2.24, 2.45) is 0 Å². The quantitative estimate of drug-likeness (QED) is 0.851. The van der Waals surface area contributed by atoms with E-state index in [0.29, 0.717) is 11.5 Å². The van der Waals surface area contributed by atoms with Crippen LogP contribution < -0.4 is 10.1 Å². The van der Waals surface area contributed by atoms with Crippen molar-refractivity contribution in [2.45, 2.75) is 20.0 Å². The molecule has 116 valence electrons. The molecule has 0 saturated heterocycles. The Bertz CT molecular complexity index is 680. The summed E-state index contributed by atoms with van der Waals surface area (Å²) >= 11 is 0. The SMILES string of the molecule is COc1ccccc1C(=O)OC(C)C(=O)Nc1cc(C)on1. The monoisotopic (exact) mass is 304 g/mol. The van der Waals surface area contributed by atoms with Gasteiger partial charge in [-0.1, -0.05) is 17.3 Å². The third-order valence-electron chi connectivity index (χ3n) is 2.86. The van der Waals surface area contributed by atoms with Crippen LogP contribution in [-0.4, -0.2) is 30.2 Å². The normalized spacial score (nSPS) is 11.6. The second-order valence-electron chi connectivity index (χ2n) is 4.56. The van der Waals surface area contributed by atoms with Gasteiger partial charge in [-0.25, -0.2) is 4.79 Å². The van der Waals surface area contributed by atoms with Gasteiger partial charge in [-0.3, -0.25) is 4.79 Å². The van der Waals surface area contributed by atoms with Crippen LogP contribution in [0.3, 0.4) is 0 Å². The van der Waals surface area contributed by atoms with E-state index in [1.165, 1.54) is 14.0 Å². The lowest BCUT2D eigenvalue weighted by Gasteiger charge is -2.13. The molecule has 1 N–H and O–H groups in total. The van der Waals surface area contributed by atoms with Gasteiger partial charge in [-0.15, -0.1) is 0 Å². The summed E-state index contributed by atoms with van der Waals surface area (Å²) in [6.45, 7) is 3.17. The van der Waals surface area contributed by atoms with E-state index in [0.717, 1.165) is 0 Å². The molecule has 0 radical (unpaired) electrons. The Morgan fingerprint density at radius 1 is 1.32 bits per heavy atom. The molecule has 1 unspecified atom stereocenters. The van der Waals surface area contributed by atoms with Crippen LogP contribution >= 0.6 is 0 Å². The van der Waals surface area contributed by atoms with Gasteiger partial charge in [-0.2, -0.15) is 0 Å². The van der Waals surface area contributed by atoms with Gasteiger partial charge < -0.3 is 19.3 Å². The van der Waals surface area contributed by atoms with Gasteiger partial charge in [0.1, 0.15) is 17.1 Å². The second-order valence-corrected chi connectivity index (χ2v) is 4.56. The van der Waals surface area contributed by atoms with Gasteiger partial charge in [-0.05, 0) is 26.0 Å². The molecule has 0 aliphatic carbocycles. The summed E-state index contributed by atoms with van der Waals surface area (Å²) in [7, 11) is 1.45. The van der Waals surface area contributed by atoms with E-state index in [2.05, 4.69) is 10.5 Å². The smallest absolute Gasteiger partial charge is 0.342 e.